The number of aryl methyl sites for hydroxylation is 1. The van der Waals surface area contributed by atoms with Crippen LogP contribution < -0.4 is 9.47 Å². The Morgan fingerprint density at radius 2 is 1.92 bits per heavy atom. The van der Waals surface area contributed by atoms with Crippen LogP contribution >= 0.6 is 0 Å². The van der Waals surface area contributed by atoms with Crippen molar-refractivity contribution in [3.8, 4) is 11.5 Å². The third-order valence-corrected chi connectivity index (χ3v) is 4.97. The topological polar surface area (TPSA) is 38.8 Å². The van der Waals surface area contributed by atoms with Crippen LogP contribution in [-0.4, -0.2) is 38.1 Å². The molecule has 3 rings (SSSR count). The van der Waals surface area contributed by atoms with E-state index in [-0.39, 0.29) is 5.91 Å². The van der Waals surface area contributed by atoms with Gasteiger partial charge in [0.25, 0.3) is 5.91 Å². The number of hydrogen-bond donors (Lipinski definition) is 0. The highest BCUT2D eigenvalue weighted by atomic mass is 16.5. The number of methoxy groups -OCH3 is 2. The molecule has 2 aromatic rings. The van der Waals surface area contributed by atoms with Crippen LogP contribution in [-0.2, 0) is 0 Å². The maximum absolute atomic E-state index is 13.1. The van der Waals surface area contributed by atoms with E-state index in [0.717, 1.165) is 25.9 Å². The Bertz CT molecular complexity index is 757. The summed E-state index contributed by atoms with van der Waals surface area (Å²) in [4.78, 5) is 15.0. The van der Waals surface area contributed by atoms with Gasteiger partial charge in [-0.15, -0.1) is 0 Å². The molecule has 0 N–H and O–H groups in total. The van der Waals surface area contributed by atoms with Gasteiger partial charge in [-0.1, -0.05) is 24.3 Å². The predicted octanol–water partition coefficient (Wildman–Crippen LogP) is 4.03. The van der Waals surface area contributed by atoms with Crippen LogP contribution in [0.5, 0.6) is 11.5 Å². The van der Waals surface area contributed by atoms with Gasteiger partial charge in [-0.05, 0) is 49.1 Å². The van der Waals surface area contributed by atoms with E-state index in [0.29, 0.717) is 23.0 Å². The van der Waals surface area contributed by atoms with Gasteiger partial charge in [-0.3, -0.25) is 4.79 Å². The van der Waals surface area contributed by atoms with E-state index in [4.69, 9.17) is 9.47 Å². The second kappa shape index (κ2) is 7.60. The Hall–Kier alpha value is -2.49. The van der Waals surface area contributed by atoms with E-state index in [9.17, 15) is 4.79 Å². The molecule has 2 aromatic carbocycles. The minimum atomic E-state index is 0.00836. The van der Waals surface area contributed by atoms with Crippen LogP contribution in [0.1, 0.15) is 40.2 Å². The van der Waals surface area contributed by atoms with E-state index in [1.54, 1.807) is 26.4 Å². The van der Waals surface area contributed by atoms with Crippen molar-refractivity contribution in [3.05, 3.63) is 59.2 Å². The molecule has 0 unspecified atom stereocenters. The summed E-state index contributed by atoms with van der Waals surface area (Å²) in [6.07, 6.45) is 2.13. The standard InChI is InChI=1S/C21H25NO3/c1-15-7-4-5-9-18(15)16-8-6-12-22(14-16)21(23)19-13-17(24-2)10-11-20(19)25-3/h4-5,7,9-11,13,16H,6,8,12,14H2,1-3H3/t16-/m1/s1. The summed E-state index contributed by atoms with van der Waals surface area (Å²) in [5.74, 6) is 1.64. The molecule has 4 heteroatoms. The lowest BCUT2D eigenvalue weighted by atomic mass is 9.87. The fraction of sp³-hybridized carbons (Fsp3) is 0.381. The smallest absolute Gasteiger partial charge is 0.257 e. The van der Waals surface area contributed by atoms with Crippen molar-refractivity contribution >= 4 is 5.91 Å². The fourth-order valence-corrected chi connectivity index (χ4v) is 3.61. The molecule has 132 valence electrons. The molecule has 1 saturated heterocycles. The molecule has 1 aliphatic heterocycles. The van der Waals surface area contributed by atoms with Crippen molar-refractivity contribution in [2.75, 3.05) is 27.3 Å². The second-order valence-electron chi connectivity index (χ2n) is 6.51. The zero-order chi connectivity index (χ0) is 17.8. The van der Waals surface area contributed by atoms with E-state index in [1.807, 2.05) is 11.0 Å². The van der Waals surface area contributed by atoms with Crippen LogP contribution in [0.4, 0.5) is 0 Å². The zero-order valence-electron chi connectivity index (χ0n) is 15.1. The van der Waals surface area contributed by atoms with Gasteiger partial charge in [-0.25, -0.2) is 0 Å². The van der Waals surface area contributed by atoms with Gasteiger partial charge >= 0.3 is 0 Å². The summed E-state index contributed by atoms with van der Waals surface area (Å²) >= 11 is 0. The van der Waals surface area contributed by atoms with Crippen LogP contribution in [0.2, 0.25) is 0 Å². The van der Waals surface area contributed by atoms with E-state index < -0.39 is 0 Å². The number of carbonyl (C=O) groups excluding carboxylic acids is 1. The largest absolute Gasteiger partial charge is 0.497 e. The van der Waals surface area contributed by atoms with Crippen molar-refractivity contribution in [1.82, 2.24) is 4.90 Å². The average Bonchev–Trinajstić information content (AvgIpc) is 2.67. The number of rotatable bonds is 4. The van der Waals surface area contributed by atoms with Gasteiger partial charge < -0.3 is 14.4 Å². The molecule has 0 bridgehead atoms. The minimum absolute atomic E-state index is 0.00836. The lowest BCUT2D eigenvalue weighted by Gasteiger charge is -2.34. The fourth-order valence-electron chi connectivity index (χ4n) is 3.61. The van der Waals surface area contributed by atoms with Crippen molar-refractivity contribution < 1.29 is 14.3 Å². The SMILES string of the molecule is COc1ccc(OC)c(C(=O)N2CCC[C@@H](c3ccccc3C)C2)c1. The van der Waals surface area contributed by atoms with Crippen LogP contribution in [0.3, 0.4) is 0 Å². The first-order valence-electron chi connectivity index (χ1n) is 8.71. The summed E-state index contributed by atoms with van der Waals surface area (Å²) in [7, 11) is 3.19. The molecular weight excluding hydrogens is 314 g/mol. The summed E-state index contributed by atoms with van der Waals surface area (Å²) in [6, 6.07) is 13.8. The number of likely N-dealkylation sites (tertiary alicyclic amines) is 1. The maximum atomic E-state index is 13.1. The lowest BCUT2D eigenvalue weighted by molar-refractivity contribution is 0.0703. The number of ether oxygens (including phenoxy) is 2. The molecule has 1 atom stereocenters. The molecule has 4 nitrogen and oxygen atoms in total. The summed E-state index contributed by atoms with van der Waals surface area (Å²) in [5, 5.41) is 0. The van der Waals surface area contributed by atoms with Crippen LogP contribution in [0.15, 0.2) is 42.5 Å². The predicted molar refractivity (Wildman–Crippen MR) is 98.6 cm³/mol. The van der Waals surface area contributed by atoms with Gasteiger partial charge in [0.2, 0.25) is 0 Å². The third-order valence-electron chi connectivity index (χ3n) is 4.97. The van der Waals surface area contributed by atoms with Crippen molar-refractivity contribution in [2.24, 2.45) is 0 Å². The minimum Gasteiger partial charge on any atom is -0.497 e. The molecule has 1 amide bonds. The van der Waals surface area contributed by atoms with E-state index in [1.165, 1.54) is 11.1 Å². The molecule has 0 spiro atoms. The van der Waals surface area contributed by atoms with Gasteiger partial charge in [0.15, 0.2) is 0 Å². The maximum Gasteiger partial charge on any atom is 0.257 e. The van der Waals surface area contributed by atoms with Gasteiger partial charge in [0, 0.05) is 19.0 Å². The molecule has 1 heterocycles. The highest BCUT2D eigenvalue weighted by Gasteiger charge is 2.28. The number of hydrogen-bond acceptors (Lipinski definition) is 3. The van der Waals surface area contributed by atoms with Gasteiger partial charge in [0.05, 0.1) is 19.8 Å². The first-order valence-corrected chi connectivity index (χ1v) is 8.71. The normalized spacial score (nSPS) is 17.2. The quantitative estimate of drug-likeness (QED) is 0.844. The molecule has 1 aliphatic rings. The monoisotopic (exact) mass is 339 g/mol. The molecule has 0 aromatic heterocycles. The average molecular weight is 339 g/mol. The molecule has 0 aliphatic carbocycles. The highest BCUT2D eigenvalue weighted by molar-refractivity contribution is 5.97. The summed E-state index contributed by atoms with van der Waals surface area (Å²) in [6.45, 7) is 3.66. The Labute approximate surface area is 149 Å². The Kier molecular flexibility index (Phi) is 5.27. The Morgan fingerprint density at radius 3 is 2.64 bits per heavy atom. The number of amides is 1. The second-order valence-corrected chi connectivity index (χ2v) is 6.51. The molecule has 0 radical (unpaired) electrons. The van der Waals surface area contributed by atoms with E-state index in [2.05, 4.69) is 31.2 Å². The lowest BCUT2D eigenvalue weighted by Crippen LogP contribution is -2.39. The van der Waals surface area contributed by atoms with Gasteiger partial charge in [0.1, 0.15) is 11.5 Å². The summed E-state index contributed by atoms with van der Waals surface area (Å²) < 4.78 is 10.7. The van der Waals surface area contributed by atoms with Crippen molar-refractivity contribution in [1.29, 1.82) is 0 Å². The number of nitrogens with zero attached hydrogens (tertiary/aromatic N) is 1. The van der Waals surface area contributed by atoms with Crippen molar-refractivity contribution in [2.45, 2.75) is 25.7 Å². The van der Waals surface area contributed by atoms with E-state index >= 15 is 0 Å². The Balaban J connectivity index is 1.84. The first kappa shape index (κ1) is 17.3. The van der Waals surface area contributed by atoms with Crippen LogP contribution in [0.25, 0.3) is 0 Å². The first-order chi connectivity index (χ1) is 12.1. The number of benzene rings is 2. The molecule has 0 saturated carbocycles. The molecule has 1 fully saturated rings. The van der Waals surface area contributed by atoms with Gasteiger partial charge in [-0.2, -0.15) is 0 Å². The number of carbonyl (C=O) groups is 1. The molecular formula is C21H25NO3. The molecule has 25 heavy (non-hydrogen) atoms. The number of piperidine rings is 1. The summed E-state index contributed by atoms with van der Waals surface area (Å²) in [5.41, 5.74) is 3.20. The highest BCUT2D eigenvalue weighted by Crippen LogP contribution is 2.31. The third kappa shape index (κ3) is 3.63. The zero-order valence-corrected chi connectivity index (χ0v) is 15.1. The van der Waals surface area contributed by atoms with Crippen molar-refractivity contribution in [3.63, 3.8) is 0 Å². The Morgan fingerprint density at radius 1 is 1.12 bits per heavy atom. The van der Waals surface area contributed by atoms with Crippen LogP contribution in [0, 0.1) is 6.92 Å².